The lowest BCUT2D eigenvalue weighted by atomic mass is 10.3. The monoisotopic (exact) mass is 446 g/mol. The van der Waals surface area contributed by atoms with Crippen LogP contribution in [0.3, 0.4) is 0 Å². The molecule has 0 saturated heterocycles. The van der Waals surface area contributed by atoms with Crippen LogP contribution >= 0.6 is 0 Å². The first kappa shape index (κ1) is 20.1. The van der Waals surface area contributed by atoms with E-state index in [4.69, 9.17) is 0 Å². The smallest absolute Gasteiger partial charge is 0.0648 e. The normalized spacial score (nSPS) is 32.3. The number of allylic oxidation sites excluding steroid dienone is 8. The minimum atomic E-state index is -1.55. The van der Waals surface area contributed by atoms with Crippen LogP contribution in [0.15, 0.2) is 69.6 Å². The van der Waals surface area contributed by atoms with Crippen molar-refractivity contribution in [2.24, 2.45) is 0 Å². The van der Waals surface area contributed by atoms with E-state index in [0.717, 1.165) is 9.75 Å². The van der Waals surface area contributed by atoms with Crippen LogP contribution in [0, 0.1) is 0 Å². The number of hydrogen-bond acceptors (Lipinski definition) is 0. The molecule has 0 saturated carbocycles. The van der Waals surface area contributed by atoms with Crippen LogP contribution in [-0.2, 0) is 20.7 Å². The lowest BCUT2D eigenvalue weighted by Gasteiger charge is -2.33. The molecule has 0 aromatic rings. The molecule has 4 aliphatic rings. The van der Waals surface area contributed by atoms with Gasteiger partial charge in [0.1, 0.15) is 35.7 Å². The molecule has 27 heavy (non-hydrogen) atoms. The minimum absolute atomic E-state index is 0.434. The average Bonchev–Trinajstić information content (AvgIpc) is 3.23. The Morgan fingerprint density at radius 1 is 0.630 bits per heavy atom. The Kier molecular flexibility index (Phi) is 4.75. The summed E-state index contributed by atoms with van der Waals surface area (Å²) < 4.78 is 0. The fraction of sp³-hybridized carbons (Fsp3) is 0.455. The first-order chi connectivity index (χ1) is 12.4. The first-order valence-electron chi connectivity index (χ1n) is 10.1. The zero-order valence-electron chi connectivity index (χ0n) is 18.1. The third-order valence-electron chi connectivity index (χ3n) is 6.03. The summed E-state index contributed by atoms with van der Waals surface area (Å²) in [5.74, 6) is 0. The third-order valence-corrected chi connectivity index (χ3v) is 34.4. The average molecular weight is 447 g/mol. The van der Waals surface area contributed by atoms with Crippen molar-refractivity contribution in [1.29, 1.82) is 0 Å². The third kappa shape index (κ3) is 3.18. The molecule has 0 aromatic heterocycles. The van der Waals surface area contributed by atoms with Crippen molar-refractivity contribution < 1.29 is 0 Å². The zero-order valence-corrected chi connectivity index (χ0v) is 22.7. The fourth-order valence-electron chi connectivity index (χ4n) is 4.69. The molecule has 4 atom stereocenters. The van der Waals surface area contributed by atoms with Gasteiger partial charge in [0, 0.05) is 44.9 Å². The standard InChI is InChI=1S/C22H34S2Si3/c1-25(2,3)21-15-17-11-9-13-19(17)23(21)27(7,8)24-20-14-10-12-18(20)16-22(24)26(4,5)6/h9-16,21-22H,1-8H3/q+2. The van der Waals surface area contributed by atoms with E-state index in [1.54, 1.807) is 21.0 Å². The predicted octanol–water partition coefficient (Wildman–Crippen LogP) is 6.20. The number of hydrogen-bond donors (Lipinski definition) is 0. The van der Waals surface area contributed by atoms with Gasteiger partial charge in [0.2, 0.25) is 0 Å². The van der Waals surface area contributed by atoms with Crippen molar-refractivity contribution in [2.75, 3.05) is 0 Å². The van der Waals surface area contributed by atoms with Gasteiger partial charge in [-0.25, -0.2) is 0 Å². The van der Waals surface area contributed by atoms with E-state index in [2.05, 4.69) is 101 Å². The van der Waals surface area contributed by atoms with E-state index in [1.165, 1.54) is 0 Å². The van der Waals surface area contributed by atoms with Crippen molar-refractivity contribution in [3.05, 3.63) is 69.6 Å². The van der Waals surface area contributed by atoms with Crippen LogP contribution in [0.2, 0.25) is 52.4 Å². The molecular formula is C22H34S2Si3+2. The fourth-order valence-corrected chi connectivity index (χ4v) is 44.7. The molecule has 5 heteroatoms. The Balaban J connectivity index is 1.80. The van der Waals surface area contributed by atoms with Gasteiger partial charge >= 0.3 is 6.37 Å². The van der Waals surface area contributed by atoms with Crippen molar-refractivity contribution in [1.82, 2.24) is 0 Å². The summed E-state index contributed by atoms with van der Waals surface area (Å²) in [7, 11) is -1.64. The maximum Gasteiger partial charge on any atom is 0.539 e. The summed E-state index contributed by atoms with van der Waals surface area (Å²) in [6, 6.07) is 0. The van der Waals surface area contributed by atoms with E-state index < -0.39 is 22.5 Å². The molecule has 0 N–H and O–H groups in total. The largest absolute Gasteiger partial charge is 0.539 e. The van der Waals surface area contributed by atoms with E-state index in [9.17, 15) is 0 Å². The second-order valence-corrected chi connectivity index (χ2v) is 37.8. The Labute approximate surface area is 174 Å². The van der Waals surface area contributed by atoms with Crippen LogP contribution in [-0.4, -0.2) is 32.3 Å². The van der Waals surface area contributed by atoms with E-state index in [0.29, 0.717) is 20.7 Å². The van der Waals surface area contributed by atoms with Crippen molar-refractivity contribution in [3.8, 4) is 0 Å². The summed E-state index contributed by atoms with van der Waals surface area (Å²) >= 11 is 0. The van der Waals surface area contributed by atoms with E-state index in [-0.39, 0.29) is 0 Å². The molecule has 144 valence electrons. The Morgan fingerprint density at radius 2 is 1.00 bits per heavy atom. The molecule has 0 nitrogen and oxygen atoms in total. The molecule has 0 amide bonds. The van der Waals surface area contributed by atoms with Crippen LogP contribution < -0.4 is 0 Å². The summed E-state index contributed by atoms with van der Waals surface area (Å²) in [6.45, 7) is 21.1. The molecule has 0 radical (unpaired) electrons. The number of fused-ring (bicyclic) bond motifs is 2. The topological polar surface area (TPSA) is 0 Å². The Bertz CT molecular complexity index is 787. The highest BCUT2D eigenvalue weighted by Gasteiger charge is 2.72. The quantitative estimate of drug-likeness (QED) is 0.356. The van der Waals surface area contributed by atoms with Gasteiger partial charge < -0.3 is 0 Å². The van der Waals surface area contributed by atoms with Gasteiger partial charge in [0.15, 0.2) is 0 Å². The molecule has 0 spiro atoms. The highest BCUT2D eigenvalue weighted by molar-refractivity contribution is 8.58. The minimum Gasteiger partial charge on any atom is -0.0648 e. The second-order valence-electron chi connectivity index (χ2n) is 10.7. The molecule has 2 heterocycles. The lowest BCUT2D eigenvalue weighted by Crippen LogP contribution is -2.60. The van der Waals surface area contributed by atoms with Crippen molar-refractivity contribution in [2.45, 2.75) is 62.1 Å². The SMILES string of the molecule is C[Si](C)(C)C1C=C2C=CC=C2[S+]1[Si](C)(C)[S+]1C2=CC=CC2=CC1[Si](C)(C)C. The van der Waals surface area contributed by atoms with Gasteiger partial charge in [0.05, 0.1) is 0 Å². The molecular weight excluding hydrogens is 413 g/mol. The number of rotatable bonds is 4. The molecule has 4 rings (SSSR count). The van der Waals surface area contributed by atoms with Gasteiger partial charge in [-0.05, 0) is 36.5 Å². The summed E-state index contributed by atoms with van der Waals surface area (Å²) in [4.78, 5) is 5.11. The summed E-state index contributed by atoms with van der Waals surface area (Å²) in [5, 5.41) is 0. The van der Waals surface area contributed by atoms with Gasteiger partial charge in [-0.15, -0.1) is 0 Å². The van der Waals surface area contributed by atoms with Crippen molar-refractivity contribution in [3.63, 3.8) is 0 Å². The lowest BCUT2D eigenvalue weighted by molar-refractivity contribution is 1.44. The molecule has 4 unspecified atom stereocenters. The van der Waals surface area contributed by atoms with Crippen molar-refractivity contribution >= 4 is 43.2 Å². The second kappa shape index (κ2) is 6.39. The molecule has 0 bridgehead atoms. The molecule has 2 aliphatic heterocycles. The summed E-state index contributed by atoms with van der Waals surface area (Å²) in [5.41, 5.74) is 3.15. The maximum absolute atomic E-state index is 2.76. The molecule has 0 fully saturated rings. The Morgan fingerprint density at radius 3 is 1.33 bits per heavy atom. The van der Waals surface area contributed by atoms with E-state index in [1.807, 2.05) is 0 Å². The maximum atomic E-state index is 2.76. The predicted molar refractivity (Wildman–Crippen MR) is 137 cm³/mol. The van der Waals surface area contributed by atoms with Crippen LogP contribution in [0.25, 0.3) is 0 Å². The van der Waals surface area contributed by atoms with Crippen LogP contribution in [0.5, 0.6) is 0 Å². The molecule has 0 aromatic carbocycles. The van der Waals surface area contributed by atoms with Gasteiger partial charge in [-0.3, -0.25) is 0 Å². The van der Waals surface area contributed by atoms with Gasteiger partial charge in [-0.2, -0.15) is 0 Å². The highest BCUT2D eigenvalue weighted by atomic mass is 32.6. The Hall–Kier alpha value is -0.209. The van der Waals surface area contributed by atoms with Gasteiger partial charge in [0.25, 0.3) is 0 Å². The van der Waals surface area contributed by atoms with Crippen LogP contribution in [0.1, 0.15) is 0 Å². The zero-order chi connectivity index (χ0) is 19.8. The highest BCUT2D eigenvalue weighted by Crippen LogP contribution is 2.53. The summed E-state index contributed by atoms with van der Waals surface area (Å²) in [6.07, 6.45) is 18.2. The molecule has 2 aliphatic carbocycles. The first-order valence-corrected chi connectivity index (χ1v) is 24.3. The van der Waals surface area contributed by atoms with Gasteiger partial charge in [-0.1, -0.05) is 51.4 Å². The van der Waals surface area contributed by atoms with Crippen LogP contribution in [0.4, 0.5) is 0 Å². The van der Waals surface area contributed by atoms with E-state index >= 15 is 0 Å².